The second kappa shape index (κ2) is 5.75. The largest absolute Gasteiger partial charge is 0.333 e. The lowest BCUT2D eigenvalue weighted by molar-refractivity contribution is -0.901. The molecule has 0 aliphatic carbocycles. The van der Waals surface area contributed by atoms with Gasteiger partial charge in [-0.1, -0.05) is 30.3 Å². The second-order valence-electron chi connectivity index (χ2n) is 5.52. The molecule has 0 radical (unpaired) electrons. The van der Waals surface area contributed by atoms with E-state index in [9.17, 15) is 8.42 Å². The maximum Gasteiger partial charge on any atom is 0.243 e. The normalized spacial score (nSPS) is 18.1. The van der Waals surface area contributed by atoms with Crippen molar-refractivity contribution < 1.29 is 13.3 Å². The predicted octanol–water partition coefficient (Wildman–Crippen LogP) is 0.749. The molecule has 0 spiro atoms. The van der Waals surface area contributed by atoms with Crippen molar-refractivity contribution in [3.05, 3.63) is 42.5 Å². The Morgan fingerprint density at radius 3 is 2.38 bits per heavy atom. The smallest absolute Gasteiger partial charge is 0.243 e. The first-order valence-electron chi connectivity index (χ1n) is 7.44. The van der Waals surface area contributed by atoms with Crippen molar-refractivity contribution in [2.45, 2.75) is 11.8 Å². The Hall–Kier alpha value is -1.43. The van der Waals surface area contributed by atoms with E-state index in [2.05, 4.69) is 6.92 Å². The molecule has 3 rings (SSSR count). The minimum Gasteiger partial charge on any atom is -0.333 e. The summed E-state index contributed by atoms with van der Waals surface area (Å²) in [4.78, 5) is 1.88. The van der Waals surface area contributed by atoms with Gasteiger partial charge in [-0.15, -0.1) is 0 Å². The third-order valence-corrected chi connectivity index (χ3v) is 6.18. The quantitative estimate of drug-likeness (QED) is 0.909. The zero-order chi connectivity index (χ0) is 14.9. The Bertz CT molecular complexity index is 735. The number of rotatable bonds is 3. The van der Waals surface area contributed by atoms with Gasteiger partial charge in [0.1, 0.15) is 0 Å². The highest BCUT2D eigenvalue weighted by atomic mass is 32.2. The minimum absolute atomic E-state index is 0.404. The van der Waals surface area contributed by atoms with Crippen molar-refractivity contribution in [1.82, 2.24) is 4.31 Å². The van der Waals surface area contributed by atoms with Gasteiger partial charge in [0.05, 0.1) is 37.6 Å². The maximum atomic E-state index is 12.7. The number of hydrogen-bond acceptors (Lipinski definition) is 2. The molecular formula is C16H21N2O2S+. The molecule has 1 aliphatic heterocycles. The van der Waals surface area contributed by atoms with Crippen molar-refractivity contribution in [2.24, 2.45) is 0 Å². The van der Waals surface area contributed by atoms with Gasteiger partial charge in [-0.3, -0.25) is 0 Å². The standard InChI is InChI=1S/C16H20N2O2S/c1-2-17-9-11-18(12-10-17)21(19,20)16-8-7-14-5-3-4-6-15(14)13-16/h3-8,13H,2,9-12H2,1H3/p+1. The average molecular weight is 305 g/mol. The second-order valence-corrected chi connectivity index (χ2v) is 7.45. The van der Waals surface area contributed by atoms with Crippen LogP contribution in [0.4, 0.5) is 0 Å². The third kappa shape index (κ3) is 2.81. The van der Waals surface area contributed by atoms with Crippen molar-refractivity contribution in [1.29, 1.82) is 0 Å². The van der Waals surface area contributed by atoms with Gasteiger partial charge in [0.25, 0.3) is 0 Å². The number of likely N-dealkylation sites (N-methyl/N-ethyl adjacent to an activating group) is 1. The third-order valence-electron chi connectivity index (χ3n) is 4.29. The molecule has 1 fully saturated rings. The summed E-state index contributed by atoms with van der Waals surface area (Å²) in [6, 6.07) is 13.2. The van der Waals surface area contributed by atoms with Crippen LogP contribution in [-0.2, 0) is 10.0 Å². The number of benzene rings is 2. The van der Waals surface area contributed by atoms with Gasteiger partial charge in [0.15, 0.2) is 0 Å². The van der Waals surface area contributed by atoms with Gasteiger partial charge in [-0.25, -0.2) is 8.42 Å². The topological polar surface area (TPSA) is 41.8 Å². The van der Waals surface area contributed by atoms with Gasteiger partial charge in [0, 0.05) is 0 Å². The van der Waals surface area contributed by atoms with Crippen LogP contribution in [-0.4, -0.2) is 45.4 Å². The molecule has 0 saturated carbocycles. The number of nitrogens with zero attached hydrogens (tertiary/aromatic N) is 1. The fourth-order valence-electron chi connectivity index (χ4n) is 2.87. The first-order chi connectivity index (χ1) is 10.1. The number of hydrogen-bond donors (Lipinski definition) is 1. The SMILES string of the molecule is CC[NH+]1CCN(S(=O)(=O)c2ccc3ccccc3c2)CC1. The lowest BCUT2D eigenvalue weighted by atomic mass is 10.1. The fourth-order valence-corrected chi connectivity index (χ4v) is 4.35. The highest BCUT2D eigenvalue weighted by molar-refractivity contribution is 7.89. The lowest BCUT2D eigenvalue weighted by Gasteiger charge is -2.30. The molecule has 21 heavy (non-hydrogen) atoms. The molecule has 1 aliphatic rings. The predicted molar refractivity (Wildman–Crippen MR) is 83.9 cm³/mol. The monoisotopic (exact) mass is 305 g/mol. The fraction of sp³-hybridized carbons (Fsp3) is 0.375. The van der Waals surface area contributed by atoms with E-state index in [-0.39, 0.29) is 0 Å². The van der Waals surface area contributed by atoms with Crippen LogP contribution < -0.4 is 4.90 Å². The molecule has 2 aromatic carbocycles. The van der Waals surface area contributed by atoms with E-state index in [0.717, 1.165) is 30.4 Å². The van der Waals surface area contributed by atoms with Gasteiger partial charge in [-0.2, -0.15) is 4.31 Å². The highest BCUT2D eigenvalue weighted by Crippen LogP contribution is 2.21. The molecule has 0 bridgehead atoms. The van der Waals surface area contributed by atoms with Crippen LogP contribution in [0.5, 0.6) is 0 Å². The molecule has 1 heterocycles. The van der Waals surface area contributed by atoms with Crippen molar-refractivity contribution >= 4 is 20.8 Å². The van der Waals surface area contributed by atoms with Crippen LogP contribution in [0, 0.1) is 0 Å². The number of sulfonamides is 1. The molecule has 2 aromatic rings. The first-order valence-corrected chi connectivity index (χ1v) is 8.88. The first kappa shape index (κ1) is 14.5. The van der Waals surface area contributed by atoms with E-state index < -0.39 is 10.0 Å². The van der Waals surface area contributed by atoms with Crippen LogP contribution >= 0.6 is 0 Å². The van der Waals surface area contributed by atoms with Crippen LogP contribution in [0.1, 0.15) is 6.92 Å². The van der Waals surface area contributed by atoms with Crippen molar-refractivity contribution in [3.8, 4) is 0 Å². The van der Waals surface area contributed by atoms with E-state index >= 15 is 0 Å². The zero-order valence-corrected chi connectivity index (χ0v) is 13.1. The van der Waals surface area contributed by atoms with Gasteiger partial charge >= 0.3 is 0 Å². The summed E-state index contributed by atoms with van der Waals surface area (Å²) in [5.74, 6) is 0. The molecule has 1 saturated heterocycles. The summed E-state index contributed by atoms with van der Waals surface area (Å²) < 4.78 is 27.1. The van der Waals surface area contributed by atoms with Crippen LogP contribution in [0.2, 0.25) is 0 Å². The molecule has 0 amide bonds. The molecule has 0 aromatic heterocycles. The van der Waals surface area contributed by atoms with Gasteiger partial charge < -0.3 is 4.90 Å². The molecule has 1 N–H and O–H groups in total. The van der Waals surface area contributed by atoms with E-state index in [1.165, 1.54) is 4.90 Å². The molecule has 0 unspecified atom stereocenters. The van der Waals surface area contributed by atoms with Crippen molar-refractivity contribution in [3.63, 3.8) is 0 Å². The summed E-state index contributed by atoms with van der Waals surface area (Å²) >= 11 is 0. The number of quaternary nitrogens is 1. The maximum absolute atomic E-state index is 12.7. The summed E-state index contributed by atoms with van der Waals surface area (Å²) in [6.07, 6.45) is 0. The van der Waals surface area contributed by atoms with E-state index in [1.54, 1.807) is 16.4 Å². The van der Waals surface area contributed by atoms with Crippen LogP contribution in [0.25, 0.3) is 10.8 Å². The van der Waals surface area contributed by atoms with Gasteiger partial charge in [0.2, 0.25) is 10.0 Å². The molecule has 0 atom stereocenters. The molecular weight excluding hydrogens is 284 g/mol. The Morgan fingerprint density at radius 2 is 1.71 bits per heavy atom. The number of piperazine rings is 1. The Labute approximate surface area is 126 Å². The Morgan fingerprint density at radius 1 is 1.05 bits per heavy atom. The van der Waals surface area contributed by atoms with Crippen LogP contribution in [0.15, 0.2) is 47.4 Å². The molecule has 5 heteroatoms. The number of fused-ring (bicyclic) bond motifs is 1. The summed E-state index contributed by atoms with van der Waals surface area (Å²) in [5.41, 5.74) is 0. The molecule has 112 valence electrons. The average Bonchev–Trinajstić information content (AvgIpc) is 2.54. The zero-order valence-electron chi connectivity index (χ0n) is 12.2. The van der Waals surface area contributed by atoms with E-state index in [1.807, 2.05) is 30.3 Å². The molecule has 4 nitrogen and oxygen atoms in total. The highest BCUT2D eigenvalue weighted by Gasteiger charge is 2.29. The Kier molecular flexibility index (Phi) is 3.97. The minimum atomic E-state index is -3.37. The van der Waals surface area contributed by atoms with E-state index in [4.69, 9.17) is 0 Å². The lowest BCUT2D eigenvalue weighted by Crippen LogP contribution is -3.14. The van der Waals surface area contributed by atoms with Crippen LogP contribution in [0.3, 0.4) is 0 Å². The Balaban J connectivity index is 1.89. The summed E-state index contributed by atoms with van der Waals surface area (Å²) in [7, 11) is -3.37. The van der Waals surface area contributed by atoms with E-state index in [0.29, 0.717) is 18.0 Å². The van der Waals surface area contributed by atoms with Gasteiger partial charge in [-0.05, 0) is 29.8 Å². The summed E-state index contributed by atoms with van der Waals surface area (Å²) in [5, 5.41) is 2.04. The number of nitrogens with one attached hydrogen (secondary N) is 1. The van der Waals surface area contributed by atoms with Crippen molar-refractivity contribution in [2.75, 3.05) is 32.7 Å². The summed E-state index contributed by atoms with van der Waals surface area (Å²) in [6.45, 7) is 6.20.